The predicted molar refractivity (Wildman–Crippen MR) is 63.4 cm³/mol. The lowest BCUT2D eigenvalue weighted by molar-refractivity contribution is 0.632. The fraction of sp³-hybridized carbons (Fsp3) is 0.455. The number of aromatic nitrogens is 4. The zero-order valence-electron chi connectivity index (χ0n) is 9.72. The highest BCUT2D eigenvalue weighted by molar-refractivity contribution is 5.28. The summed E-state index contributed by atoms with van der Waals surface area (Å²) in [6.07, 6.45) is 5.80. The number of nitrogens with one attached hydrogen (secondary N) is 1. The zero-order chi connectivity index (χ0) is 11.4. The fourth-order valence-corrected chi connectivity index (χ4v) is 1.64. The molecule has 0 amide bonds. The van der Waals surface area contributed by atoms with E-state index in [2.05, 4.69) is 33.1 Å². The van der Waals surface area contributed by atoms with Crippen LogP contribution in [-0.2, 0) is 13.1 Å². The number of imidazole rings is 1. The van der Waals surface area contributed by atoms with Gasteiger partial charge in [-0.3, -0.25) is 4.68 Å². The lowest BCUT2D eigenvalue weighted by Crippen LogP contribution is -2.13. The summed E-state index contributed by atoms with van der Waals surface area (Å²) in [6, 6.07) is 1.93. The van der Waals surface area contributed by atoms with Crippen LogP contribution in [-0.4, -0.2) is 25.9 Å². The fourth-order valence-electron chi connectivity index (χ4n) is 1.64. The van der Waals surface area contributed by atoms with E-state index in [1.807, 2.05) is 23.9 Å². The van der Waals surface area contributed by atoms with Crippen molar-refractivity contribution in [1.29, 1.82) is 0 Å². The molecule has 2 aromatic heterocycles. The van der Waals surface area contributed by atoms with Gasteiger partial charge in [-0.15, -0.1) is 0 Å². The van der Waals surface area contributed by atoms with Crippen LogP contribution in [0.1, 0.15) is 12.6 Å². The molecule has 0 aliphatic carbocycles. The maximum Gasteiger partial charge on any atom is 0.203 e. The van der Waals surface area contributed by atoms with E-state index in [4.69, 9.17) is 0 Å². The molecule has 0 aromatic carbocycles. The minimum Gasteiger partial charge on any atom is -0.354 e. The van der Waals surface area contributed by atoms with Crippen LogP contribution in [0.3, 0.4) is 0 Å². The molecule has 1 N–H and O–H groups in total. The molecule has 0 aliphatic rings. The molecule has 2 rings (SSSR count). The van der Waals surface area contributed by atoms with Crippen molar-refractivity contribution in [2.24, 2.45) is 0 Å². The first-order chi connectivity index (χ1) is 7.79. The number of anilines is 1. The van der Waals surface area contributed by atoms with Crippen LogP contribution in [0, 0.1) is 6.92 Å². The number of hydrogen-bond acceptors (Lipinski definition) is 3. The Hall–Kier alpha value is -1.78. The van der Waals surface area contributed by atoms with Gasteiger partial charge in [0.25, 0.3) is 0 Å². The van der Waals surface area contributed by atoms with Gasteiger partial charge in [0.2, 0.25) is 5.95 Å². The molecule has 0 spiro atoms. The average molecular weight is 219 g/mol. The third-order valence-corrected chi connectivity index (χ3v) is 2.42. The summed E-state index contributed by atoms with van der Waals surface area (Å²) < 4.78 is 4.01. The number of aryl methyl sites for hydroxylation is 2. The third-order valence-electron chi connectivity index (χ3n) is 2.42. The Labute approximate surface area is 95.1 Å². The van der Waals surface area contributed by atoms with Gasteiger partial charge in [0.1, 0.15) is 0 Å². The molecule has 2 aromatic rings. The Morgan fingerprint density at radius 3 is 3.00 bits per heavy atom. The second-order valence-corrected chi connectivity index (χ2v) is 3.69. The summed E-state index contributed by atoms with van der Waals surface area (Å²) in [5.74, 6) is 0.937. The first kappa shape index (κ1) is 10.7. The molecule has 86 valence electrons. The van der Waals surface area contributed by atoms with Crippen molar-refractivity contribution in [2.75, 3.05) is 11.9 Å². The van der Waals surface area contributed by atoms with Crippen LogP contribution in [0.4, 0.5) is 5.95 Å². The Bertz CT molecular complexity index is 429. The van der Waals surface area contributed by atoms with E-state index in [0.29, 0.717) is 0 Å². The third kappa shape index (κ3) is 2.42. The van der Waals surface area contributed by atoms with E-state index < -0.39 is 0 Å². The van der Waals surface area contributed by atoms with Crippen LogP contribution in [0.5, 0.6) is 0 Å². The predicted octanol–water partition coefficient (Wildman–Crippen LogP) is 1.52. The van der Waals surface area contributed by atoms with Gasteiger partial charge < -0.3 is 9.88 Å². The van der Waals surface area contributed by atoms with Gasteiger partial charge in [0.05, 0.1) is 12.2 Å². The number of nitrogens with zero attached hydrogens (tertiary/aromatic N) is 4. The summed E-state index contributed by atoms with van der Waals surface area (Å²) >= 11 is 0. The second kappa shape index (κ2) is 4.83. The van der Waals surface area contributed by atoms with Gasteiger partial charge >= 0.3 is 0 Å². The van der Waals surface area contributed by atoms with Gasteiger partial charge in [-0.2, -0.15) is 5.10 Å². The van der Waals surface area contributed by atoms with Gasteiger partial charge in [-0.05, 0) is 19.9 Å². The standard InChI is InChI=1S/C11H17N5/c1-3-15-9-10(2)14-11(15)12-6-8-16-7-4-5-13-16/h4-5,7,9H,3,6,8H2,1-2H3,(H,12,14). The van der Waals surface area contributed by atoms with Crippen molar-refractivity contribution in [3.63, 3.8) is 0 Å². The summed E-state index contributed by atoms with van der Waals surface area (Å²) in [4.78, 5) is 4.42. The molecule has 0 aliphatic heterocycles. The molecule has 0 radical (unpaired) electrons. The van der Waals surface area contributed by atoms with Gasteiger partial charge in [-0.25, -0.2) is 4.98 Å². The smallest absolute Gasteiger partial charge is 0.203 e. The minimum atomic E-state index is 0.831. The quantitative estimate of drug-likeness (QED) is 0.829. The lowest BCUT2D eigenvalue weighted by atomic mass is 10.6. The summed E-state index contributed by atoms with van der Waals surface area (Å²) in [5, 5.41) is 7.46. The number of hydrogen-bond donors (Lipinski definition) is 1. The van der Waals surface area contributed by atoms with Crippen molar-refractivity contribution in [3.05, 3.63) is 30.4 Å². The molecule has 0 unspecified atom stereocenters. The lowest BCUT2D eigenvalue weighted by Gasteiger charge is -2.07. The Balaban J connectivity index is 1.89. The molecule has 5 heteroatoms. The Morgan fingerprint density at radius 2 is 2.31 bits per heavy atom. The molecule has 0 saturated heterocycles. The molecule has 5 nitrogen and oxygen atoms in total. The topological polar surface area (TPSA) is 47.7 Å². The molecule has 0 atom stereocenters. The van der Waals surface area contributed by atoms with Crippen molar-refractivity contribution in [3.8, 4) is 0 Å². The first-order valence-corrected chi connectivity index (χ1v) is 5.54. The zero-order valence-corrected chi connectivity index (χ0v) is 9.72. The normalized spacial score (nSPS) is 10.6. The highest BCUT2D eigenvalue weighted by atomic mass is 15.3. The van der Waals surface area contributed by atoms with E-state index >= 15 is 0 Å². The monoisotopic (exact) mass is 219 g/mol. The summed E-state index contributed by atoms with van der Waals surface area (Å²) in [5.41, 5.74) is 1.04. The van der Waals surface area contributed by atoms with Gasteiger partial charge in [0.15, 0.2) is 0 Å². The van der Waals surface area contributed by atoms with Crippen molar-refractivity contribution >= 4 is 5.95 Å². The summed E-state index contributed by atoms with van der Waals surface area (Å²) in [6.45, 7) is 6.73. The van der Waals surface area contributed by atoms with E-state index in [9.17, 15) is 0 Å². The van der Waals surface area contributed by atoms with Crippen LogP contribution in [0.2, 0.25) is 0 Å². The Kier molecular flexibility index (Phi) is 3.24. The molecule has 16 heavy (non-hydrogen) atoms. The molecular formula is C11H17N5. The van der Waals surface area contributed by atoms with E-state index in [0.717, 1.165) is 31.3 Å². The van der Waals surface area contributed by atoms with E-state index in [-0.39, 0.29) is 0 Å². The largest absolute Gasteiger partial charge is 0.354 e. The molecular weight excluding hydrogens is 202 g/mol. The highest BCUT2D eigenvalue weighted by Crippen LogP contribution is 2.07. The molecule has 2 heterocycles. The SMILES string of the molecule is CCn1cc(C)nc1NCCn1cccn1. The average Bonchev–Trinajstić information content (AvgIpc) is 2.88. The number of rotatable bonds is 5. The van der Waals surface area contributed by atoms with Crippen molar-refractivity contribution < 1.29 is 0 Å². The minimum absolute atomic E-state index is 0.831. The van der Waals surface area contributed by atoms with Crippen molar-refractivity contribution in [2.45, 2.75) is 26.9 Å². The van der Waals surface area contributed by atoms with Gasteiger partial charge in [-0.1, -0.05) is 0 Å². The Morgan fingerprint density at radius 1 is 1.44 bits per heavy atom. The van der Waals surface area contributed by atoms with Crippen molar-refractivity contribution in [1.82, 2.24) is 19.3 Å². The van der Waals surface area contributed by atoms with E-state index in [1.54, 1.807) is 6.20 Å². The maximum atomic E-state index is 4.42. The first-order valence-electron chi connectivity index (χ1n) is 5.54. The van der Waals surface area contributed by atoms with Crippen LogP contribution >= 0.6 is 0 Å². The second-order valence-electron chi connectivity index (χ2n) is 3.69. The van der Waals surface area contributed by atoms with Crippen LogP contribution in [0.15, 0.2) is 24.7 Å². The summed E-state index contributed by atoms with van der Waals surface area (Å²) in [7, 11) is 0. The van der Waals surface area contributed by atoms with E-state index in [1.165, 1.54) is 0 Å². The van der Waals surface area contributed by atoms with Crippen LogP contribution in [0.25, 0.3) is 0 Å². The molecule has 0 saturated carbocycles. The highest BCUT2D eigenvalue weighted by Gasteiger charge is 2.02. The van der Waals surface area contributed by atoms with Gasteiger partial charge in [0, 0.05) is 31.7 Å². The molecule has 0 bridgehead atoms. The molecule has 0 fully saturated rings. The maximum absolute atomic E-state index is 4.42. The van der Waals surface area contributed by atoms with Crippen LogP contribution < -0.4 is 5.32 Å².